The third-order valence-electron chi connectivity index (χ3n) is 2.62. The van der Waals surface area contributed by atoms with Crippen LogP contribution in [0.5, 0.6) is 5.75 Å². The predicted molar refractivity (Wildman–Crippen MR) is 64.3 cm³/mol. The van der Waals surface area contributed by atoms with Crippen molar-refractivity contribution in [3.05, 3.63) is 29.3 Å². The number of hydrogen-bond acceptors (Lipinski definition) is 2. The monoisotopic (exact) mass is 207 g/mol. The van der Waals surface area contributed by atoms with Crippen LogP contribution in [0.25, 0.3) is 0 Å². The van der Waals surface area contributed by atoms with Crippen LogP contribution in [0.1, 0.15) is 30.9 Å². The molecule has 0 spiro atoms. The molecule has 0 saturated heterocycles. The molecule has 0 aromatic heterocycles. The van der Waals surface area contributed by atoms with E-state index >= 15 is 0 Å². The predicted octanol–water partition coefficient (Wildman–Crippen LogP) is 2.81. The van der Waals surface area contributed by atoms with Crippen molar-refractivity contribution in [1.82, 2.24) is 0 Å². The summed E-state index contributed by atoms with van der Waals surface area (Å²) in [5, 5.41) is 0. The Kier molecular flexibility index (Phi) is 4.63. The van der Waals surface area contributed by atoms with Crippen molar-refractivity contribution in [3.8, 4) is 5.75 Å². The molecule has 15 heavy (non-hydrogen) atoms. The van der Waals surface area contributed by atoms with Crippen molar-refractivity contribution in [2.24, 2.45) is 5.73 Å². The van der Waals surface area contributed by atoms with E-state index in [0.29, 0.717) is 0 Å². The minimum atomic E-state index is 0.271. The lowest BCUT2D eigenvalue weighted by Crippen LogP contribution is -2.15. The normalized spacial score (nSPS) is 12.5. The van der Waals surface area contributed by atoms with Gasteiger partial charge in [-0.1, -0.05) is 12.1 Å². The van der Waals surface area contributed by atoms with Crippen LogP contribution in [0.3, 0.4) is 0 Å². The number of rotatable bonds is 5. The number of nitrogens with two attached hydrogens (primary N) is 1. The Morgan fingerprint density at radius 2 is 2.07 bits per heavy atom. The fourth-order valence-corrected chi connectivity index (χ4v) is 1.47. The summed E-state index contributed by atoms with van der Waals surface area (Å²) >= 11 is 0. The second-order valence-electron chi connectivity index (χ2n) is 4.17. The number of ether oxygens (including phenoxy) is 1. The van der Waals surface area contributed by atoms with E-state index in [-0.39, 0.29) is 6.04 Å². The van der Waals surface area contributed by atoms with Crippen LogP contribution in [-0.4, -0.2) is 12.6 Å². The standard InChI is InChI=1S/C13H21NO/c1-10-6-4-8-13(12(10)3)15-9-5-7-11(2)14/h4,6,8,11H,5,7,9,14H2,1-3H3. The lowest BCUT2D eigenvalue weighted by molar-refractivity contribution is 0.300. The molecular weight excluding hydrogens is 186 g/mol. The Balaban J connectivity index is 2.41. The van der Waals surface area contributed by atoms with Gasteiger partial charge in [-0.3, -0.25) is 0 Å². The summed E-state index contributed by atoms with van der Waals surface area (Å²) in [5.41, 5.74) is 8.18. The highest BCUT2D eigenvalue weighted by Gasteiger charge is 2.01. The SMILES string of the molecule is Cc1cccc(OCCCC(C)N)c1C. The van der Waals surface area contributed by atoms with Gasteiger partial charge >= 0.3 is 0 Å². The summed E-state index contributed by atoms with van der Waals surface area (Å²) in [6.07, 6.45) is 2.04. The maximum Gasteiger partial charge on any atom is 0.122 e. The van der Waals surface area contributed by atoms with Crippen LogP contribution in [0.2, 0.25) is 0 Å². The molecule has 0 heterocycles. The van der Waals surface area contributed by atoms with Gasteiger partial charge in [-0.15, -0.1) is 0 Å². The van der Waals surface area contributed by atoms with E-state index in [1.807, 2.05) is 19.1 Å². The van der Waals surface area contributed by atoms with Gasteiger partial charge in [0.25, 0.3) is 0 Å². The fraction of sp³-hybridized carbons (Fsp3) is 0.538. The van der Waals surface area contributed by atoms with Gasteiger partial charge in [0.15, 0.2) is 0 Å². The van der Waals surface area contributed by atoms with Gasteiger partial charge in [-0.2, -0.15) is 0 Å². The van der Waals surface area contributed by atoms with Crippen LogP contribution in [-0.2, 0) is 0 Å². The molecule has 1 rings (SSSR count). The van der Waals surface area contributed by atoms with Crippen LogP contribution in [0.4, 0.5) is 0 Å². The molecule has 2 nitrogen and oxygen atoms in total. The van der Waals surface area contributed by atoms with Crippen LogP contribution in [0, 0.1) is 13.8 Å². The van der Waals surface area contributed by atoms with Gasteiger partial charge < -0.3 is 10.5 Å². The van der Waals surface area contributed by atoms with Crippen molar-refractivity contribution >= 4 is 0 Å². The molecule has 84 valence electrons. The molecule has 2 heteroatoms. The highest BCUT2D eigenvalue weighted by atomic mass is 16.5. The number of hydrogen-bond donors (Lipinski definition) is 1. The molecule has 1 aromatic rings. The summed E-state index contributed by atoms with van der Waals surface area (Å²) in [6.45, 7) is 6.98. The third-order valence-corrected chi connectivity index (χ3v) is 2.62. The lowest BCUT2D eigenvalue weighted by atomic mass is 10.1. The summed E-state index contributed by atoms with van der Waals surface area (Å²) in [7, 11) is 0. The molecule has 0 radical (unpaired) electrons. The van der Waals surface area contributed by atoms with Crippen LogP contribution >= 0.6 is 0 Å². The molecule has 1 unspecified atom stereocenters. The third kappa shape index (κ3) is 3.92. The van der Waals surface area contributed by atoms with Gasteiger partial charge in [0.05, 0.1) is 6.61 Å². The molecule has 0 aliphatic heterocycles. The average Bonchev–Trinajstić information content (AvgIpc) is 2.18. The second kappa shape index (κ2) is 5.76. The second-order valence-corrected chi connectivity index (χ2v) is 4.17. The Bertz CT molecular complexity index is 307. The van der Waals surface area contributed by atoms with E-state index in [2.05, 4.69) is 19.9 Å². The van der Waals surface area contributed by atoms with Gasteiger partial charge in [-0.25, -0.2) is 0 Å². The maximum absolute atomic E-state index is 5.71. The van der Waals surface area contributed by atoms with Gasteiger partial charge in [-0.05, 0) is 50.8 Å². The minimum Gasteiger partial charge on any atom is -0.493 e. The Morgan fingerprint density at radius 1 is 1.33 bits per heavy atom. The fourth-order valence-electron chi connectivity index (χ4n) is 1.47. The average molecular weight is 207 g/mol. The summed E-state index contributed by atoms with van der Waals surface area (Å²) in [4.78, 5) is 0. The van der Waals surface area contributed by atoms with Crippen LogP contribution < -0.4 is 10.5 Å². The zero-order valence-electron chi connectivity index (χ0n) is 9.92. The Hall–Kier alpha value is -1.02. The molecule has 0 aliphatic carbocycles. The van der Waals surface area contributed by atoms with Gasteiger partial charge in [0.2, 0.25) is 0 Å². The van der Waals surface area contributed by atoms with Crippen molar-refractivity contribution < 1.29 is 4.74 Å². The molecule has 0 fully saturated rings. The molecule has 0 amide bonds. The highest BCUT2D eigenvalue weighted by Crippen LogP contribution is 2.20. The topological polar surface area (TPSA) is 35.2 Å². The summed E-state index contributed by atoms with van der Waals surface area (Å²) < 4.78 is 5.71. The van der Waals surface area contributed by atoms with Crippen molar-refractivity contribution in [2.45, 2.75) is 39.7 Å². The largest absolute Gasteiger partial charge is 0.493 e. The van der Waals surface area contributed by atoms with Crippen molar-refractivity contribution in [3.63, 3.8) is 0 Å². The van der Waals surface area contributed by atoms with Crippen LogP contribution in [0.15, 0.2) is 18.2 Å². The molecule has 0 saturated carbocycles. The first kappa shape index (κ1) is 12.1. The number of aryl methyl sites for hydroxylation is 1. The molecule has 2 N–H and O–H groups in total. The van der Waals surface area contributed by atoms with Crippen molar-refractivity contribution in [2.75, 3.05) is 6.61 Å². The summed E-state index contributed by atoms with van der Waals surface area (Å²) in [6, 6.07) is 6.42. The van der Waals surface area contributed by atoms with Gasteiger partial charge in [0, 0.05) is 6.04 Å². The molecule has 1 aromatic carbocycles. The molecule has 0 bridgehead atoms. The lowest BCUT2D eigenvalue weighted by Gasteiger charge is -2.11. The molecular formula is C13H21NO. The van der Waals surface area contributed by atoms with E-state index in [1.54, 1.807) is 0 Å². The highest BCUT2D eigenvalue weighted by molar-refractivity contribution is 5.38. The maximum atomic E-state index is 5.71. The quantitative estimate of drug-likeness (QED) is 0.753. The van der Waals surface area contributed by atoms with E-state index in [1.165, 1.54) is 11.1 Å². The number of benzene rings is 1. The van der Waals surface area contributed by atoms with E-state index in [4.69, 9.17) is 10.5 Å². The first-order chi connectivity index (χ1) is 7.11. The van der Waals surface area contributed by atoms with E-state index in [0.717, 1.165) is 25.2 Å². The zero-order valence-corrected chi connectivity index (χ0v) is 9.92. The van der Waals surface area contributed by atoms with E-state index in [9.17, 15) is 0 Å². The zero-order chi connectivity index (χ0) is 11.3. The first-order valence-electron chi connectivity index (χ1n) is 5.56. The van der Waals surface area contributed by atoms with Crippen molar-refractivity contribution in [1.29, 1.82) is 0 Å². The van der Waals surface area contributed by atoms with E-state index < -0.39 is 0 Å². The minimum absolute atomic E-state index is 0.271. The first-order valence-corrected chi connectivity index (χ1v) is 5.56. The van der Waals surface area contributed by atoms with Gasteiger partial charge in [0.1, 0.15) is 5.75 Å². The Labute approximate surface area is 92.4 Å². The summed E-state index contributed by atoms with van der Waals surface area (Å²) in [5.74, 6) is 1.000. The Morgan fingerprint density at radius 3 is 2.73 bits per heavy atom. The molecule has 0 aliphatic rings. The molecule has 1 atom stereocenters. The smallest absolute Gasteiger partial charge is 0.122 e.